The standard InChI is InChI=1S/C21H20N2O4S/c1-4-27-20(25)18-12(2)22-21-23(17(24)11-28-21)19(18)15-9-10-16(26-3)14-8-6-5-7-13(14)15/h5-10,19H,4,11H2,1-3H3. The molecule has 4 rings (SSSR count). The lowest BCUT2D eigenvalue weighted by atomic mass is 9.90. The first kappa shape index (κ1) is 18.6. The summed E-state index contributed by atoms with van der Waals surface area (Å²) < 4.78 is 10.8. The fraction of sp³-hybridized carbons (Fsp3) is 0.286. The number of aliphatic imine (C=N–C) groups is 1. The Labute approximate surface area is 167 Å². The molecule has 28 heavy (non-hydrogen) atoms. The SMILES string of the molecule is CCOC(=O)C1=C(C)N=C2SCC(=O)N2C1c1ccc(OC)c2ccccc12. The Bertz CT molecular complexity index is 1040. The van der Waals surface area contributed by atoms with E-state index in [1.54, 1.807) is 25.9 Å². The van der Waals surface area contributed by atoms with Gasteiger partial charge in [0.15, 0.2) is 5.17 Å². The molecule has 1 fully saturated rings. The van der Waals surface area contributed by atoms with Crippen LogP contribution < -0.4 is 4.74 Å². The predicted octanol–water partition coefficient (Wildman–Crippen LogP) is 3.67. The number of carbonyl (C=O) groups is 2. The van der Waals surface area contributed by atoms with Gasteiger partial charge >= 0.3 is 5.97 Å². The van der Waals surface area contributed by atoms with Crippen LogP contribution in [0.2, 0.25) is 0 Å². The molecule has 0 radical (unpaired) electrons. The average Bonchev–Trinajstić information content (AvgIpc) is 3.06. The molecule has 1 amide bonds. The second-order valence-corrected chi connectivity index (χ2v) is 7.41. The summed E-state index contributed by atoms with van der Waals surface area (Å²) in [6, 6.07) is 11.0. The molecule has 1 atom stereocenters. The molecule has 7 heteroatoms. The van der Waals surface area contributed by atoms with Crippen molar-refractivity contribution in [3.63, 3.8) is 0 Å². The Kier molecular flexibility index (Phi) is 4.85. The molecule has 0 aliphatic carbocycles. The first-order chi connectivity index (χ1) is 13.6. The quantitative estimate of drug-likeness (QED) is 0.738. The number of thioether (sulfide) groups is 1. The highest BCUT2D eigenvalue weighted by atomic mass is 32.2. The molecule has 2 aromatic carbocycles. The van der Waals surface area contributed by atoms with Gasteiger partial charge in [-0.2, -0.15) is 0 Å². The van der Waals surface area contributed by atoms with Gasteiger partial charge in [0.05, 0.1) is 36.8 Å². The monoisotopic (exact) mass is 396 g/mol. The molecule has 1 saturated heterocycles. The Balaban J connectivity index is 1.97. The van der Waals surface area contributed by atoms with E-state index in [1.807, 2.05) is 36.4 Å². The summed E-state index contributed by atoms with van der Waals surface area (Å²) in [5.41, 5.74) is 1.83. The van der Waals surface area contributed by atoms with Crippen LogP contribution in [0.15, 0.2) is 52.7 Å². The first-order valence-corrected chi connectivity index (χ1v) is 10.0. The number of esters is 1. The number of methoxy groups -OCH3 is 1. The highest BCUT2D eigenvalue weighted by molar-refractivity contribution is 8.15. The number of nitrogens with zero attached hydrogens (tertiary/aromatic N) is 2. The molecular weight excluding hydrogens is 376 g/mol. The number of carbonyl (C=O) groups excluding carboxylic acids is 2. The molecule has 0 bridgehead atoms. The van der Waals surface area contributed by atoms with E-state index in [1.165, 1.54) is 11.8 Å². The van der Waals surface area contributed by atoms with Crippen LogP contribution in [0, 0.1) is 0 Å². The summed E-state index contributed by atoms with van der Waals surface area (Å²) in [6.45, 7) is 3.81. The Morgan fingerprint density at radius 3 is 2.71 bits per heavy atom. The maximum Gasteiger partial charge on any atom is 0.338 e. The third-order valence-electron chi connectivity index (χ3n) is 4.91. The number of hydrogen-bond acceptors (Lipinski definition) is 6. The van der Waals surface area contributed by atoms with E-state index in [2.05, 4.69) is 4.99 Å². The van der Waals surface area contributed by atoms with Crippen molar-refractivity contribution in [2.75, 3.05) is 19.5 Å². The number of fused-ring (bicyclic) bond motifs is 2. The summed E-state index contributed by atoms with van der Waals surface area (Å²) in [5, 5.41) is 2.47. The van der Waals surface area contributed by atoms with E-state index < -0.39 is 12.0 Å². The van der Waals surface area contributed by atoms with Crippen LogP contribution in [-0.4, -0.2) is 41.4 Å². The highest BCUT2D eigenvalue weighted by Gasteiger charge is 2.43. The molecule has 2 aliphatic heterocycles. The van der Waals surface area contributed by atoms with E-state index in [9.17, 15) is 9.59 Å². The summed E-state index contributed by atoms with van der Waals surface area (Å²) in [6.07, 6.45) is 0. The van der Waals surface area contributed by atoms with Crippen molar-refractivity contribution in [2.45, 2.75) is 19.9 Å². The Hall–Kier alpha value is -2.80. The molecule has 0 aromatic heterocycles. The molecule has 2 aliphatic rings. The largest absolute Gasteiger partial charge is 0.496 e. The van der Waals surface area contributed by atoms with Crippen LogP contribution in [0.25, 0.3) is 10.8 Å². The molecule has 144 valence electrons. The second-order valence-electron chi connectivity index (χ2n) is 6.47. The minimum atomic E-state index is -0.579. The predicted molar refractivity (Wildman–Crippen MR) is 109 cm³/mol. The van der Waals surface area contributed by atoms with Crippen LogP contribution in [0.4, 0.5) is 0 Å². The number of amidine groups is 1. The number of allylic oxidation sites excluding steroid dienone is 1. The first-order valence-electron chi connectivity index (χ1n) is 9.03. The van der Waals surface area contributed by atoms with E-state index >= 15 is 0 Å². The smallest absolute Gasteiger partial charge is 0.338 e. The van der Waals surface area contributed by atoms with E-state index in [0.717, 1.165) is 22.1 Å². The number of ether oxygens (including phenoxy) is 2. The van der Waals surface area contributed by atoms with Gasteiger partial charge in [0.1, 0.15) is 5.75 Å². The molecular formula is C21H20N2O4S. The Morgan fingerprint density at radius 2 is 2.00 bits per heavy atom. The molecule has 1 unspecified atom stereocenters. The molecule has 6 nitrogen and oxygen atoms in total. The summed E-state index contributed by atoms with van der Waals surface area (Å²) in [5.74, 6) is 0.539. The highest BCUT2D eigenvalue weighted by Crippen LogP contribution is 2.44. The van der Waals surface area contributed by atoms with Gasteiger partial charge in [0.25, 0.3) is 0 Å². The molecule has 0 saturated carbocycles. The van der Waals surface area contributed by atoms with Gasteiger partial charge in [0.2, 0.25) is 5.91 Å². The van der Waals surface area contributed by atoms with Crippen molar-refractivity contribution in [1.29, 1.82) is 0 Å². The van der Waals surface area contributed by atoms with Crippen molar-refractivity contribution in [2.24, 2.45) is 4.99 Å². The van der Waals surface area contributed by atoms with Crippen molar-refractivity contribution in [3.8, 4) is 5.75 Å². The minimum absolute atomic E-state index is 0.0667. The lowest BCUT2D eigenvalue weighted by molar-refractivity contribution is -0.139. The molecule has 2 aromatic rings. The average molecular weight is 396 g/mol. The molecule has 0 spiro atoms. The second kappa shape index (κ2) is 7.31. The minimum Gasteiger partial charge on any atom is -0.496 e. The maximum atomic E-state index is 12.8. The third kappa shape index (κ3) is 2.86. The van der Waals surface area contributed by atoms with Crippen molar-refractivity contribution in [1.82, 2.24) is 4.90 Å². The fourth-order valence-electron chi connectivity index (χ4n) is 3.72. The zero-order valence-corrected chi connectivity index (χ0v) is 16.7. The lowest BCUT2D eigenvalue weighted by Gasteiger charge is -2.33. The van der Waals surface area contributed by atoms with Crippen LogP contribution >= 0.6 is 11.8 Å². The fourth-order valence-corrected chi connectivity index (χ4v) is 4.66. The van der Waals surface area contributed by atoms with Gasteiger partial charge in [-0.3, -0.25) is 9.69 Å². The van der Waals surface area contributed by atoms with Gasteiger partial charge in [-0.1, -0.05) is 42.1 Å². The zero-order chi connectivity index (χ0) is 19.8. The van der Waals surface area contributed by atoms with Crippen LogP contribution in [-0.2, 0) is 14.3 Å². The topological polar surface area (TPSA) is 68.2 Å². The van der Waals surface area contributed by atoms with Gasteiger partial charge in [-0.05, 0) is 30.9 Å². The van der Waals surface area contributed by atoms with Crippen molar-refractivity contribution >= 4 is 39.6 Å². The number of amides is 1. The van der Waals surface area contributed by atoms with E-state index in [-0.39, 0.29) is 12.5 Å². The van der Waals surface area contributed by atoms with Crippen LogP contribution in [0.5, 0.6) is 5.75 Å². The van der Waals surface area contributed by atoms with Gasteiger partial charge < -0.3 is 9.47 Å². The van der Waals surface area contributed by atoms with Gasteiger partial charge in [-0.25, -0.2) is 9.79 Å². The van der Waals surface area contributed by atoms with Gasteiger partial charge in [-0.15, -0.1) is 0 Å². The van der Waals surface area contributed by atoms with E-state index in [0.29, 0.717) is 22.2 Å². The molecule has 0 N–H and O–H groups in total. The third-order valence-corrected chi connectivity index (χ3v) is 5.85. The van der Waals surface area contributed by atoms with Crippen LogP contribution in [0.3, 0.4) is 0 Å². The Morgan fingerprint density at radius 1 is 1.25 bits per heavy atom. The number of rotatable bonds is 4. The van der Waals surface area contributed by atoms with E-state index in [4.69, 9.17) is 9.47 Å². The summed E-state index contributed by atoms with van der Waals surface area (Å²) in [4.78, 5) is 31.7. The van der Waals surface area contributed by atoms with Crippen molar-refractivity contribution < 1.29 is 19.1 Å². The molecule has 2 heterocycles. The van der Waals surface area contributed by atoms with Crippen molar-refractivity contribution in [3.05, 3.63) is 53.2 Å². The normalized spacial score (nSPS) is 19.0. The zero-order valence-electron chi connectivity index (χ0n) is 15.9. The number of hydrogen-bond donors (Lipinski definition) is 0. The number of benzene rings is 2. The van der Waals surface area contributed by atoms with Crippen LogP contribution in [0.1, 0.15) is 25.5 Å². The maximum absolute atomic E-state index is 12.8. The lowest BCUT2D eigenvalue weighted by Crippen LogP contribution is -2.39. The van der Waals surface area contributed by atoms with Gasteiger partial charge in [0, 0.05) is 5.39 Å². The summed E-state index contributed by atoms with van der Waals surface area (Å²) in [7, 11) is 1.63. The summed E-state index contributed by atoms with van der Waals surface area (Å²) >= 11 is 1.39.